The molecule has 0 N–H and O–H groups in total. The average Bonchev–Trinajstić information content (AvgIpc) is 2.53. The van der Waals surface area contributed by atoms with Crippen molar-refractivity contribution >= 4 is 16.9 Å². The molecule has 4 nitrogen and oxygen atoms in total. The number of carbonyl (C=O) groups excluding carboxylic acids is 1. The number of hydrogen-bond donors (Lipinski definition) is 0. The molecular weight excluding hydrogens is 325 g/mol. The zero-order valence-corrected chi connectivity index (χ0v) is 12.0. The molecule has 0 bridgehead atoms. The molecule has 122 valence electrons. The SMILES string of the molecule is O=C(Oc1ccc2ccc(=O)oc2c1)c1ccc(C(F)(F)F)cc1. The minimum atomic E-state index is -4.47. The Hall–Kier alpha value is -3.09. The number of esters is 1. The zero-order valence-electron chi connectivity index (χ0n) is 12.0. The van der Waals surface area contributed by atoms with Crippen LogP contribution in [0.2, 0.25) is 0 Å². The highest BCUT2D eigenvalue weighted by atomic mass is 19.4. The van der Waals surface area contributed by atoms with Crippen molar-refractivity contribution in [2.24, 2.45) is 0 Å². The molecule has 0 saturated heterocycles. The molecule has 0 amide bonds. The number of fused-ring (bicyclic) bond motifs is 1. The molecule has 0 aliphatic heterocycles. The third-order valence-electron chi connectivity index (χ3n) is 3.25. The average molecular weight is 334 g/mol. The summed E-state index contributed by atoms with van der Waals surface area (Å²) in [6, 6.07) is 10.9. The van der Waals surface area contributed by atoms with E-state index in [-0.39, 0.29) is 16.9 Å². The molecule has 2 aromatic carbocycles. The molecule has 0 aliphatic rings. The van der Waals surface area contributed by atoms with Gasteiger partial charge in [-0.3, -0.25) is 0 Å². The number of halogens is 3. The Labute approximate surface area is 133 Å². The van der Waals surface area contributed by atoms with Gasteiger partial charge in [-0.1, -0.05) is 0 Å². The van der Waals surface area contributed by atoms with E-state index in [4.69, 9.17) is 9.15 Å². The minimum Gasteiger partial charge on any atom is -0.423 e. The maximum atomic E-state index is 12.5. The van der Waals surface area contributed by atoms with E-state index in [1.165, 1.54) is 18.2 Å². The van der Waals surface area contributed by atoms with Crippen molar-refractivity contribution in [3.05, 3.63) is 76.1 Å². The van der Waals surface area contributed by atoms with Gasteiger partial charge in [0.05, 0.1) is 11.1 Å². The first-order valence-corrected chi connectivity index (χ1v) is 6.76. The van der Waals surface area contributed by atoms with Gasteiger partial charge in [-0.15, -0.1) is 0 Å². The van der Waals surface area contributed by atoms with Crippen molar-refractivity contribution in [2.45, 2.75) is 6.18 Å². The standard InChI is InChI=1S/C17H9F3O4/c18-17(19,20)12-5-1-11(2-6-12)16(22)23-13-7-3-10-4-8-15(21)24-14(10)9-13/h1-9H. The molecule has 24 heavy (non-hydrogen) atoms. The molecule has 1 heterocycles. The Morgan fingerprint density at radius 2 is 1.62 bits per heavy atom. The Morgan fingerprint density at radius 1 is 0.958 bits per heavy atom. The van der Waals surface area contributed by atoms with Gasteiger partial charge in [0.2, 0.25) is 0 Å². The molecule has 0 unspecified atom stereocenters. The van der Waals surface area contributed by atoms with Gasteiger partial charge in [-0.05, 0) is 42.5 Å². The highest BCUT2D eigenvalue weighted by Gasteiger charge is 2.30. The summed E-state index contributed by atoms with van der Waals surface area (Å²) in [5.41, 5.74) is -1.20. The molecule has 3 rings (SSSR count). The second-order valence-corrected chi connectivity index (χ2v) is 4.92. The van der Waals surface area contributed by atoms with E-state index in [2.05, 4.69) is 0 Å². The number of rotatable bonds is 2. The van der Waals surface area contributed by atoms with Crippen molar-refractivity contribution in [3.63, 3.8) is 0 Å². The van der Waals surface area contributed by atoms with Gasteiger partial charge in [0.25, 0.3) is 0 Å². The van der Waals surface area contributed by atoms with Crippen LogP contribution in [0, 0.1) is 0 Å². The van der Waals surface area contributed by atoms with Crippen molar-refractivity contribution in [1.82, 2.24) is 0 Å². The molecule has 1 aromatic heterocycles. The molecule has 0 saturated carbocycles. The van der Waals surface area contributed by atoms with E-state index < -0.39 is 23.3 Å². The summed E-state index contributed by atoms with van der Waals surface area (Å²) < 4.78 is 47.6. The second-order valence-electron chi connectivity index (χ2n) is 4.92. The maximum absolute atomic E-state index is 12.5. The minimum absolute atomic E-state index is 0.0300. The van der Waals surface area contributed by atoms with Crippen LogP contribution in [0.4, 0.5) is 13.2 Å². The lowest BCUT2D eigenvalue weighted by Gasteiger charge is -2.08. The van der Waals surface area contributed by atoms with Gasteiger partial charge >= 0.3 is 17.8 Å². The van der Waals surface area contributed by atoms with Crippen molar-refractivity contribution in [2.75, 3.05) is 0 Å². The van der Waals surface area contributed by atoms with E-state index in [0.29, 0.717) is 5.39 Å². The van der Waals surface area contributed by atoms with Gasteiger partial charge < -0.3 is 9.15 Å². The predicted molar refractivity (Wildman–Crippen MR) is 78.9 cm³/mol. The van der Waals surface area contributed by atoms with E-state index >= 15 is 0 Å². The smallest absolute Gasteiger partial charge is 0.416 e. The summed E-state index contributed by atoms with van der Waals surface area (Å²) in [6.07, 6.45) is -4.47. The van der Waals surface area contributed by atoms with Crippen molar-refractivity contribution in [1.29, 1.82) is 0 Å². The van der Waals surface area contributed by atoms with Gasteiger partial charge in [0.15, 0.2) is 0 Å². The van der Waals surface area contributed by atoms with Crippen LogP contribution < -0.4 is 10.4 Å². The summed E-state index contributed by atoms with van der Waals surface area (Å²) >= 11 is 0. The fourth-order valence-corrected chi connectivity index (χ4v) is 2.07. The number of carbonyl (C=O) groups is 1. The van der Waals surface area contributed by atoms with E-state index in [1.54, 1.807) is 12.1 Å². The summed E-state index contributed by atoms with van der Waals surface area (Å²) in [5.74, 6) is -0.705. The number of alkyl halides is 3. The fraction of sp³-hybridized carbons (Fsp3) is 0.0588. The third-order valence-corrected chi connectivity index (χ3v) is 3.25. The Bertz CT molecular complexity index is 956. The van der Waals surface area contributed by atoms with Crippen LogP contribution >= 0.6 is 0 Å². The van der Waals surface area contributed by atoms with Gasteiger partial charge in [-0.25, -0.2) is 9.59 Å². The van der Waals surface area contributed by atoms with Crippen LogP contribution in [0.3, 0.4) is 0 Å². The van der Waals surface area contributed by atoms with Crippen LogP contribution in [-0.2, 0) is 6.18 Å². The van der Waals surface area contributed by atoms with Crippen LogP contribution in [0.15, 0.2) is 63.8 Å². The molecule has 0 atom stereocenters. The van der Waals surface area contributed by atoms with Crippen LogP contribution in [-0.4, -0.2) is 5.97 Å². The molecule has 0 radical (unpaired) electrons. The first-order chi connectivity index (χ1) is 11.3. The normalized spacial score (nSPS) is 11.5. The first kappa shape index (κ1) is 15.8. The van der Waals surface area contributed by atoms with Crippen LogP contribution in [0.25, 0.3) is 11.0 Å². The number of hydrogen-bond acceptors (Lipinski definition) is 4. The van der Waals surface area contributed by atoms with Gasteiger partial charge in [0.1, 0.15) is 11.3 Å². The molecule has 0 aliphatic carbocycles. The lowest BCUT2D eigenvalue weighted by Crippen LogP contribution is -2.10. The molecule has 7 heteroatoms. The van der Waals surface area contributed by atoms with Crippen molar-refractivity contribution < 1.29 is 27.1 Å². The summed E-state index contributed by atoms with van der Waals surface area (Å²) in [5, 5.41) is 0.643. The predicted octanol–water partition coefficient (Wildman–Crippen LogP) is 4.03. The van der Waals surface area contributed by atoms with E-state index in [1.807, 2.05) is 0 Å². The van der Waals surface area contributed by atoms with Crippen LogP contribution in [0.5, 0.6) is 5.75 Å². The van der Waals surface area contributed by atoms with E-state index in [0.717, 1.165) is 24.3 Å². The molecular formula is C17H9F3O4. The fourth-order valence-electron chi connectivity index (χ4n) is 2.07. The van der Waals surface area contributed by atoms with Gasteiger partial charge in [-0.2, -0.15) is 13.2 Å². The Balaban J connectivity index is 1.83. The monoisotopic (exact) mass is 334 g/mol. The molecule has 0 fully saturated rings. The molecule has 3 aromatic rings. The maximum Gasteiger partial charge on any atom is 0.416 e. The second kappa shape index (κ2) is 5.84. The topological polar surface area (TPSA) is 56.5 Å². The summed E-state index contributed by atoms with van der Waals surface area (Å²) in [4.78, 5) is 23.2. The summed E-state index contributed by atoms with van der Waals surface area (Å²) in [7, 11) is 0. The Kier molecular flexibility index (Phi) is 3.84. The lowest BCUT2D eigenvalue weighted by atomic mass is 10.1. The van der Waals surface area contributed by atoms with E-state index in [9.17, 15) is 22.8 Å². The van der Waals surface area contributed by atoms with Gasteiger partial charge in [0, 0.05) is 17.5 Å². The Morgan fingerprint density at radius 3 is 2.29 bits per heavy atom. The highest BCUT2D eigenvalue weighted by Crippen LogP contribution is 2.29. The lowest BCUT2D eigenvalue weighted by molar-refractivity contribution is -0.137. The third kappa shape index (κ3) is 3.29. The number of ether oxygens (including phenoxy) is 1. The zero-order chi connectivity index (χ0) is 17.3. The number of benzene rings is 2. The summed E-state index contributed by atoms with van der Waals surface area (Å²) in [6.45, 7) is 0. The molecule has 0 spiro atoms. The highest BCUT2D eigenvalue weighted by molar-refractivity contribution is 5.91. The first-order valence-electron chi connectivity index (χ1n) is 6.76. The largest absolute Gasteiger partial charge is 0.423 e. The van der Waals surface area contributed by atoms with Crippen molar-refractivity contribution in [3.8, 4) is 5.75 Å². The quantitative estimate of drug-likeness (QED) is 0.403. The van der Waals surface area contributed by atoms with Crippen LogP contribution in [0.1, 0.15) is 15.9 Å².